The molecule has 0 aromatic heterocycles. The highest BCUT2D eigenvalue weighted by Crippen LogP contribution is 2.30. The Morgan fingerprint density at radius 3 is 2.71 bits per heavy atom. The number of hydrogen-bond acceptors (Lipinski definition) is 4. The van der Waals surface area contributed by atoms with Crippen LogP contribution < -0.4 is 16.2 Å². The maximum absolute atomic E-state index is 11.1. The van der Waals surface area contributed by atoms with Crippen LogP contribution >= 0.6 is 22.6 Å². The third-order valence-corrected chi connectivity index (χ3v) is 2.95. The summed E-state index contributed by atoms with van der Waals surface area (Å²) >= 11 is 2.00. The molecule has 0 radical (unpaired) electrons. The van der Waals surface area contributed by atoms with Crippen LogP contribution in [0.25, 0.3) is 0 Å². The molecule has 5 nitrogen and oxygen atoms in total. The summed E-state index contributed by atoms with van der Waals surface area (Å²) in [5.74, 6) is -0.137. The molecule has 1 amide bonds. The third-order valence-electron chi connectivity index (χ3n) is 2.15. The van der Waals surface area contributed by atoms with Crippen molar-refractivity contribution in [2.24, 2.45) is 5.73 Å². The van der Waals surface area contributed by atoms with E-state index >= 15 is 0 Å². The van der Waals surface area contributed by atoms with Gasteiger partial charge in [0.15, 0.2) is 11.9 Å². The standard InChI is InChI=1S/C11H12IN3O2/c1-2-9(11(15)16)17-10-7(12)3-6(5-13)4-8(10)14/h3-4,9H,2,14H2,1H3,(H2,15,16). The Bertz CT molecular complexity index is 459. The highest BCUT2D eigenvalue weighted by atomic mass is 127. The largest absolute Gasteiger partial charge is 0.477 e. The number of nitrogen functional groups attached to an aromatic ring is 1. The van der Waals surface area contributed by atoms with Gasteiger partial charge in [-0.3, -0.25) is 4.79 Å². The van der Waals surface area contributed by atoms with Gasteiger partial charge in [-0.05, 0) is 41.1 Å². The first kappa shape index (κ1) is 13.6. The van der Waals surface area contributed by atoms with Crippen molar-refractivity contribution in [1.29, 1.82) is 5.26 Å². The molecule has 0 bridgehead atoms. The van der Waals surface area contributed by atoms with Gasteiger partial charge in [-0.25, -0.2) is 0 Å². The molecule has 1 unspecified atom stereocenters. The maximum Gasteiger partial charge on any atom is 0.258 e. The van der Waals surface area contributed by atoms with Crippen molar-refractivity contribution in [3.05, 3.63) is 21.3 Å². The second-order valence-corrected chi connectivity index (χ2v) is 4.57. The minimum absolute atomic E-state index is 0.327. The molecule has 0 saturated heterocycles. The van der Waals surface area contributed by atoms with Crippen molar-refractivity contribution < 1.29 is 9.53 Å². The van der Waals surface area contributed by atoms with Crippen LogP contribution in [-0.4, -0.2) is 12.0 Å². The fraction of sp³-hybridized carbons (Fsp3) is 0.273. The molecule has 1 aromatic carbocycles. The second-order valence-electron chi connectivity index (χ2n) is 3.41. The predicted molar refractivity (Wildman–Crippen MR) is 72.2 cm³/mol. The molecular weight excluding hydrogens is 333 g/mol. The molecule has 17 heavy (non-hydrogen) atoms. The zero-order chi connectivity index (χ0) is 13.0. The lowest BCUT2D eigenvalue weighted by molar-refractivity contribution is -0.124. The van der Waals surface area contributed by atoms with Gasteiger partial charge in [-0.2, -0.15) is 5.26 Å². The van der Waals surface area contributed by atoms with Crippen molar-refractivity contribution >= 4 is 34.2 Å². The van der Waals surface area contributed by atoms with Gasteiger partial charge < -0.3 is 16.2 Å². The maximum atomic E-state index is 11.1. The summed E-state index contributed by atoms with van der Waals surface area (Å²) < 4.78 is 6.15. The number of nitriles is 1. The summed E-state index contributed by atoms with van der Waals surface area (Å²) in [5.41, 5.74) is 11.7. The van der Waals surface area contributed by atoms with E-state index < -0.39 is 12.0 Å². The number of halogens is 1. The molecule has 1 aromatic rings. The Balaban J connectivity index is 3.07. The highest BCUT2D eigenvalue weighted by molar-refractivity contribution is 14.1. The van der Waals surface area contributed by atoms with Gasteiger partial charge in [0.05, 0.1) is 20.9 Å². The molecular formula is C11H12IN3O2. The quantitative estimate of drug-likeness (QED) is 0.636. The number of nitrogens with zero attached hydrogens (tertiary/aromatic N) is 1. The van der Waals surface area contributed by atoms with E-state index in [1.54, 1.807) is 13.0 Å². The molecule has 0 heterocycles. The SMILES string of the molecule is CCC(Oc1c(N)cc(C#N)cc1I)C(N)=O. The van der Waals surface area contributed by atoms with Crippen LogP contribution in [0.15, 0.2) is 12.1 Å². The van der Waals surface area contributed by atoms with Crippen molar-refractivity contribution in [3.8, 4) is 11.8 Å². The van der Waals surface area contributed by atoms with E-state index in [0.29, 0.717) is 27.0 Å². The van der Waals surface area contributed by atoms with Gasteiger partial charge in [0, 0.05) is 0 Å². The summed E-state index contributed by atoms with van der Waals surface area (Å²) in [4.78, 5) is 11.1. The number of amides is 1. The third kappa shape index (κ3) is 3.23. The normalized spacial score (nSPS) is 11.6. The Hall–Kier alpha value is -1.49. The van der Waals surface area contributed by atoms with Gasteiger partial charge in [-0.15, -0.1) is 0 Å². The van der Waals surface area contributed by atoms with Gasteiger partial charge in [0.25, 0.3) is 5.91 Å². The summed E-state index contributed by atoms with van der Waals surface area (Å²) in [6.07, 6.45) is -0.246. The molecule has 0 aliphatic rings. The number of ether oxygens (including phenoxy) is 1. The molecule has 1 atom stereocenters. The lowest BCUT2D eigenvalue weighted by Gasteiger charge is -2.17. The number of carbonyl (C=O) groups excluding carboxylic acids is 1. The van der Waals surface area contributed by atoms with Crippen LogP contribution in [0.5, 0.6) is 5.75 Å². The number of carbonyl (C=O) groups is 1. The average Bonchev–Trinajstić information content (AvgIpc) is 2.27. The predicted octanol–water partition coefficient (Wildman–Crippen LogP) is 1.39. The van der Waals surface area contributed by atoms with Gasteiger partial charge >= 0.3 is 0 Å². The molecule has 4 N–H and O–H groups in total. The van der Waals surface area contributed by atoms with Crippen molar-refractivity contribution in [2.75, 3.05) is 5.73 Å². The van der Waals surface area contributed by atoms with Crippen molar-refractivity contribution in [3.63, 3.8) is 0 Å². The molecule has 0 fully saturated rings. The van der Waals surface area contributed by atoms with Gasteiger partial charge in [0.2, 0.25) is 0 Å². The van der Waals surface area contributed by atoms with Crippen LogP contribution in [0.3, 0.4) is 0 Å². The summed E-state index contributed by atoms with van der Waals surface area (Å²) in [7, 11) is 0. The number of benzene rings is 1. The first-order valence-corrected chi connectivity index (χ1v) is 6.02. The molecule has 0 saturated carbocycles. The van der Waals surface area contributed by atoms with Crippen LogP contribution in [0.1, 0.15) is 18.9 Å². The molecule has 6 heteroatoms. The Morgan fingerprint density at radius 2 is 2.29 bits per heavy atom. The molecule has 90 valence electrons. The van der Waals surface area contributed by atoms with Crippen LogP contribution in [-0.2, 0) is 4.79 Å². The van der Waals surface area contributed by atoms with E-state index in [9.17, 15) is 4.79 Å². The number of rotatable bonds is 4. The van der Waals surface area contributed by atoms with E-state index in [1.807, 2.05) is 28.7 Å². The fourth-order valence-corrected chi connectivity index (χ4v) is 2.06. The Labute approximate surface area is 113 Å². The molecule has 0 aliphatic carbocycles. The summed E-state index contributed by atoms with van der Waals surface area (Å²) in [5, 5.41) is 8.77. The molecule has 0 spiro atoms. The highest BCUT2D eigenvalue weighted by Gasteiger charge is 2.18. The number of nitrogens with two attached hydrogens (primary N) is 2. The fourth-order valence-electron chi connectivity index (χ4n) is 1.29. The smallest absolute Gasteiger partial charge is 0.258 e. The van der Waals surface area contributed by atoms with Crippen LogP contribution in [0.2, 0.25) is 0 Å². The van der Waals surface area contributed by atoms with Gasteiger partial charge in [-0.1, -0.05) is 6.92 Å². The molecule has 0 aliphatic heterocycles. The monoisotopic (exact) mass is 345 g/mol. The van der Waals surface area contributed by atoms with E-state index in [2.05, 4.69) is 0 Å². The van der Waals surface area contributed by atoms with E-state index in [4.69, 9.17) is 21.5 Å². The lowest BCUT2D eigenvalue weighted by Crippen LogP contribution is -2.33. The minimum atomic E-state index is -0.709. The Morgan fingerprint density at radius 1 is 1.65 bits per heavy atom. The lowest BCUT2D eigenvalue weighted by atomic mass is 10.2. The first-order valence-electron chi connectivity index (χ1n) is 4.94. The second kappa shape index (κ2) is 5.72. The van der Waals surface area contributed by atoms with Crippen molar-refractivity contribution in [2.45, 2.75) is 19.4 Å². The zero-order valence-corrected chi connectivity index (χ0v) is 11.4. The van der Waals surface area contributed by atoms with Gasteiger partial charge in [0.1, 0.15) is 0 Å². The summed E-state index contributed by atoms with van der Waals surface area (Å²) in [6.45, 7) is 1.79. The van der Waals surface area contributed by atoms with Crippen molar-refractivity contribution in [1.82, 2.24) is 0 Å². The number of primary amides is 1. The average molecular weight is 345 g/mol. The minimum Gasteiger partial charge on any atom is -0.477 e. The molecule has 1 rings (SSSR count). The first-order chi connectivity index (χ1) is 7.99. The van der Waals surface area contributed by atoms with E-state index in [0.717, 1.165) is 0 Å². The summed E-state index contributed by atoms with van der Waals surface area (Å²) in [6, 6.07) is 5.14. The number of hydrogen-bond donors (Lipinski definition) is 2. The van der Waals surface area contributed by atoms with Crippen LogP contribution in [0, 0.1) is 14.9 Å². The van der Waals surface area contributed by atoms with E-state index in [1.165, 1.54) is 6.07 Å². The van der Waals surface area contributed by atoms with E-state index in [-0.39, 0.29) is 0 Å². The zero-order valence-electron chi connectivity index (χ0n) is 9.24. The van der Waals surface area contributed by atoms with Crippen LogP contribution in [0.4, 0.5) is 5.69 Å². The topological polar surface area (TPSA) is 102 Å². The number of anilines is 1. The Kier molecular flexibility index (Phi) is 4.57.